The van der Waals surface area contributed by atoms with Crippen molar-refractivity contribution >= 4 is 21.6 Å². The first-order valence-corrected chi connectivity index (χ1v) is 5.98. The van der Waals surface area contributed by atoms with Gasteiger partial charge in [0.1, 0.15) is 0 Å². The molecule has 2 aromatic rings. The van der Waals surface area contributed by atoms with Gasteiger partial charge in [-0.3, -0.25) is 0 Å². The minimum absolute atomic E-state index is 0.688. The molecule has 0 saturated carbocycles. The third kappa shape index (κ3) is 2.45. The Morgan fingerprint density at radius 1 is 1.00 bits per heavy atom. The fraction of sp³-hybridized carbons (Fsp3) is 0.0714. The Morgan fingerprint density at radius 3 is 2.38 bits per heavy atom. The SMILES string of the molecule is [CH2]CNc1ccccc1-c1ccc(Br)cc1. The molecule has 0 heterocycles. The summed E-state index contributed by atoms with van der Waals surface area (Å²) in [7, 11) is 0. The van der Waals surface area contributed by atoms with Crippen molar-refractivity contribution in [3.8, 4) is 11.1 Å². The quantitative estimate of drug-likeness (QED) is 0.877. The van der Waals surface area contributed by atoms with Crippen molar-refractivity contribution in [2.45, 2.75) is 0 Å². The van der Waals surface area contributed by atoms with Crippen LogP contribution in [0.15, 0.2) is 53.0 Å². The van der Waals surface area contributed by atoms with Gasteiger partial charge in [0.25, 0.3) is 0 Å². The summed E-state index contributed by atoms with van der Waals surface area (Å²) in [6, 6.07) is 16.6. The molecule has 0 aliphatic heterocycles. The molecule has 1 radical (unpaired) electrons. The van der Waals surface area contributed by atoms with Gasteiger partial charge in [-0.15, -0.1) is 0 Å². The zero-order valence-electron chi connectivity index (χ0n) is 8.91. The summed E-state index contributed by atoms with van der Waals surface area (Å²) in [5, 5.41) is 3.27. The topological polar surface area (TPSA) is 12.0 Å². The third-order valence-corrected chi connectivity index (χ3v) is 2.93. The van der Waals surface area contributed by atoms with Crippen molar-refractivity contribution in [2.75, 3.05) is 11.9 Å². The summed E-state index contributed by atoms with van der Waals surface area (Å²) in [5.41, 5.74) is 3.54. The van der Waals surface area contributed by atoms with Gasteiger partial charge < -0.3 is 5.32 Å². The molecule has 2 heteroatoms. The average molecular weight is 275 g/mol. The number of hydrogen-bond acceptors (Lipinski definition) is 1. The smallest absolute Gasteiger partial charge is 0.0419 e. The molecule has 0 saturated heterocycles. The van der Waals surface area contributed by atoms with Gasteiger partial charge in [0.05, 0.1) is 0 Å². The predicted molar refractivity (Wildman–Crippen MR) is 73.4 cm³/mol. The first-order valence-electron chi connectivity index (χ1n) is 5.19. The van der Waals surface area contributed by atoms with Crippen LogP contribution in [0, 0.1) is 6.92 Å². The molecule has 0 bridgehead atoms. The maximum absolute atomic E-state index is 3.81. The van der Waals surface area contributed by atoms with Crippen LogP contribution in [0.3, 0.4) is 0 Å². The fourth-order valence-electron chi connectivity index (χ4n) is 1.65. The fourth-order valence-corrected chi connectivity index (χ4v) is 1.92. The molecule has 0 aliphatic rings. The molecule has 0 aliphatic carbocycles. The summed E-state index contributed by atoms with van der Waals surface area (Å²) in [5.74, 6) is 0. The first kappa shape index (κ1) is 11.2. The van der Waals surface area contributed by atoms with Crippen molar-refractivity contribution in [2.24, 2.45) is 0 Å². The van der Waals surface area contributed by atoms with E-state index in [1.807, 2.05) is 12.1 Å². The Bertz CT molecular complexity index is 462. The van der Waals surface area contributed by atoms with Gasteiger partial charge in [-0.1, -0.05) is 46.3 Å². The number of para-hydroxylation sites is 1. The first-order chi connectivity index (χ1) is 7.81. The second-order valence-corrected chi connectivity index (χ2v) is 4.39. The second kappa shape index (κ2) is 5.17. The highest BCUT2D eigenvalue weighted by molar-refractivity contribution is 9.10. The van der Waals surface area contributed by atoms with E-state index in [9.17, 15) is 0 Å². The van der Waals surface area contributed by atoms with E-state index in [0.717, 1.165) is 10.2 Å². The van der Waals surface area contributed by atoms with E-state index < -0.39 is 0 Å². The van der Waals surface area contributed by atoms with E-state index in [4.69, 9.17) is 0 Å². The number of anilines is 1. The summed E-state index contributed by atoms with van der Waals surface area (Å²) < 4.78 is 1.10. The Balaban J connectivity index is 2.42. The van der Waals surface area contributed by atoms with Crippen LogP contribution in [-0.2, 0) is 0 Å². The molecule has 0 unspecified atom stereocenters. The van der Waals surface area contributed by atoms with E-state index in [1.165, 1.54) is 11.1 Å². The normalized spacial score (nSPS) is 10.1. The maximum Gasteiger partial charge on any atom is 0.0419 e. The second-order valence-electron chi connectivity index (χ2n) is 3.48. The van der Waals surface area contributed by atoms with E-state index in [2.05, 4.69) is 64.6 Å². The van der Waals surface area contributed by atoms with Crippen molar-refractivity contribution in [3.63, 3.8) is 0 Å². The standard InChI is InChI=1S/C14H13BrN/c1-2-16-14-6-4-3-5-13(14)11-7-9-12(15)10-8-11/h3-10,16H,1-2H2. The molecule has 0 fully saturated rings. The van der Waals surface area contributed by atoms with E-state index >= 15 is 0 Å². The highest BCUT2D eigenvalue weighted by Gasteiger charge is 2.02. The minimum Gasteiger partial charge on any atom is -0.385 e. The van der Waals surface area contributed by atoms with Gasteiger partial charge in [0.2, 0.25) is 0 Å². The Morgan fingerprint density at radius 2 is 1.69 bits per heavy atom. The summed E-state index contributed by atoms with van der Waals surface area (Å²) >= 11 is 3.44. The molecule has 2 rings (SSSR count). The zero-order valence-corrected chi connectivity index (χ0v) is 10.5. The Hall–Kier alpha value is -1.28. The zero-order chi connectivity index (χ0) is 11.4. The van der Waals surface area contributed by atoms with Crippen LogP contribution in [0.1, 0.15) is 0 Å². The van der Waals surface area contributed by atoms with Gasteiger partial charge in [-0.05, 0) is 30.7 Å². The molecule has 16 heavy (non-hydrogen) atoms. The van der Waals surface area contributed by atoms with Crippen LogP contribution in [0.4, 0.5) is 5.69 Å². The number of halogens is 1. The Labute approximate surface area is 105 Å². The summed E-state index contributed by atoms with van der Waals surface area (Å²) in [6.45, 7) is 4.50. The molecule has 2 aromatic carbocycles. The largest absolute Gasteiger partial charge is 0.385 e. The van der Waals surface area contributed by atoms with E-state index in [-0.39, 0.29) is 0 Å². The van der Waals surface area contributed by atoms with Gasteiger partial charge in [0.15, 0.2) is 0 Å². The molecule has 0 atom stereocenters. The molecule has 1 N–H and O–H groups in total. The highest BCUT2D eigenvalue weighted by atomic mass is 79.9. The third-order valence-electron chi connectivity index (χ3n) is 2.40. The van der Waals surface area contributed by atoms with Crippen molar-refractivity contribution in [1.29, 1.82) is 0 Å². The molecule has 81 valence electrons. The maximum atomic E-state index is 3.81. The molecule has 0 spiro atoms. The summed E-state index contributed by atoms with van der Waals surface area (Å²) in [4.78, 5) is 0. The lowest BCUT2D eigenvalue weighted by atomic mass is 10.0. The van der Waals surface area contributed by atoms with Gasteiger partial charge in [-0.2, -0.15) is 0 Å². The molecule has 1 nitrogen and oxygen atoms in total. The lowest BCUT2D eigenvalue weighted by molar-refractivity contribution is 1.34. The van der Waals surface area contributed by atoms with Crippen LogP contribution in [0.25, 0.3) is 11.1 Å². The van der Waals surface area contributed by atoms with Crippen LogP contribution in [0.5, 0.6) is 0 Å². The van der Waals surface area contributed by atoms with E-state index in [1.54, 1.807) is 0 Å². The predicted octanol–water partition coefficient (Wildman–Crippen LogP) is 4.36. The van der Waals surface area contributed by atoms with Crippen molar-refractivity contribution in [1.82, 2.24) is 0 Å². The lowest BCUT2D eigenvalue weighted by Gasteiger charge is -2.10. The average Bonchev–Trinajstić information content (AvgIpc) is 2.32. The highest BCUT2D eigenvalue weighted by Crippen LogP contribution is 2.28. The molecular formula is C14H13BrN. The summed E-state index contributed by atoms with van der Waals surface area (Å²) in [6.07, 6.45) is 0. The number of rotatable bonds is 3. The van der Waals surface area contributed by atoms with Crippen LogP contribution < -0.4 is 5.32 Å². The number of benzene rings is 2. The molecular weight excluding hydrogens is 262 g/mol. The Kier molecular flexibility index (Phi) is 3.62. The van der Waals surface area contributed by atoms with Gasteiger partial charge in [0, 0.05) is 22.3 Å². The van der Waals surface area contributed by atoms with Crippen LogP contribution in [0.2, 0.25) is 0 Å². The van der Waals surface area contributed by atoms with Crippen LogP contribution in [-0.4, -0.2) is 6.54 Å². The number of hydrogen-bond donors (Lipinski definition) is 1. The number of nitrogens with one attached hydrogen (secondary N) is 1. The lowest BCUT2D eigenvalue weighted by Crippen LogP contribution is -1.98. The van der Waals surface area contributed by atoms with Gasteiger partial charge >= 0.3 is 0 Å². The van der Waals surface area contributed by atoms with Gasteiger partial charge in [-0.25, -0.2) is 0 Å². The monoisotopic (exact) mass is 274 g/mol. The minimum atomic E-state index is 0.688. The van der Waals surface area contributed by atoms with Crippen LogP contribution >= 0.6 is 15.9 Å². The van der Waals surface area contributed by atoms with Crippen molar-refractivity contribution in [3.05, 3.63) is 59.9 Å². The van der Waals surface area contributed by atoms with Crippen molar-refractivity contribution < 1.29 is 0 Å². The van der Waals surface area contributed by atoms with E-state index in [0.29, 0.717) is 6.54 Å². The molecule has 0 aromatic heterocycles. The molecule has 0 amide bonds.